The highest BCUT2D eigenvalue weighted by atomic mass is 32.2. The third kappa shape index (κ3) is 3.73. The molecule has 112 valence electrons. The van der Waals surface area contributed by atoms with E-state index >= 15 is 0 Å². The van der Waals surface area contributed by atoms with Crippen LogP contribution in [0, 0.1) is 0 Å². The Morgan fingerprint density at radius 2 is 2.00 bits per heavy atom. The van der Waals surface area contributed by atoms with E-state index in [4.69, 9.17) is 4.74 Å². The highest BCUT2D eigenvalue weighted by Gasteiger charge is 2.31. The van der Waals surface area contributed by atoms with Crippen molar-refractivity contribution < 1.29 is 13.2 Å². The summed E-state index contributed by atoms with van der Waals surface area (Å²) in [5.74, 6) is 1.93. The Labute approximate surface area is 121 Å². The van der Waals surface area contributed by atoms with Crippen LogP contribution < -0.4 is 10.1 Å². The predicted molar refractivity (Wildman–Crippen MR) is 81.1 cm³/mol. The third-order valence-electron chi connectivity index (χ3n) is 4.00. The Balaban J connectivity index is 1.77. The average Bonchev–Trinajstić information content (AvgIpc) is 2.41. The summed E-state index contributed by atoms with van der Waals surface area (Å²) in [6, 6.07) is 8.54. The molecule has 0 bridgehead atoms. The zero-order valence-corrected chi connectivity index (χ0v) is 12.9. The van der Waals surface area contributed by atoms with Crippen LogP contribution in [0.5, 0.6) is 5.75 Å². The van der Waals surface area contributed by atoms with Gasteiger partial charge >= 0.3 is 0 Å². The SMILES string of the molecule is CCS(=O)(=O)CCNC1CC(c2ccccc2OC)C1. The number of hydrogen-bond acceptors (Lipinski definition) is 4. The molecule has 0 atom stereocenters. The second-order valence-corrected chi connectivity index (χ2v) is 7.77. The maximum Gasteiger partial charge on any atom is 0.151 e. The van der Waals surface area contributed by atoms with E-state index in [1.807, 2.05) is 18.2 Å². The molecule has 0 aliphatic heterocycles. The molecule has 0 amide bonds. The van der Waals surface area contributed by atoms with Crippen molar-refractivity contribution in [3.63, 3.8) is 0 Å². The smallest absolute Gasteiger partial charge is 0.151 e. The van der Waals surface area contributed by atoms with Crippen LogP contribution in [0.1, 0.15) is 31.2 Å². The van der Waals surface area contributed by atoms with Gasteiger partial charge in [0.1, 0.15) is 5.75 Å². The van der Waals surface area contributed by atoms with Gasteiger partial charge in [-0.1, -0.05) is 25.1 Å². The molecule has 1 N–H and O–H groups in total. The van der Waals surface area contributed by atoms with Crippen LogP contribution in [-0.2, 0) is 9.84 Å². The zero-order chi connectivity index (χ0) is 14.6. The van der Waals surface area contributed by atoms with Crippen LogP contribution in [-0.4, -0.2) is 39.6 Å². The predicted octanol–water partition coefficient (Wildman–Crippen LogP) is 1.97. The molecule has 1 aliphatic rings. The summed E-state index contributed by atoms with van der Waals surface area (Å²) < 4.78 is 28.2. The lowest BCUT2D eigenvalue weighted by molar-refractivity contribution is 0.288. The van der Waals surface area contributed by atoms with Gasteiger partial charge in [0.25, 0.3) is 0 Å². The van der Waals surface area contributed by atoms with Gasteiger partial charge in [0.05, 0.1) is 12.9 Å². The van der Waals surface area contributed by atoms with Gasteiger partial charge < -0.3 is 10.1 Å². The van der Waals surface area contributed by atoms with Crippen LogP contribution >= 0.6 is 0 Å². The van der Waals surface area contributed by atoms with Crippen molar-refractivity contribution in [2.24, 2.45) is 0 Å². The van der Waals surface area contributed by atoms with E-state index in [9.17, 15) is 8.42 Å². The molecule has 1 saturated carbocycles. The molecular formula is C15H23NO3S. The molecule has 2 rings (SSSR count). The first kappa shape index (κ1) is 15.3. The van der Waals surface area contributed by atoms with Crippen molar-refractivity contribution >= 4 is 9.84 Å². The van der Waals surface area contributed by atoms with Crippen molar-refractivity contribution in [3.8, 4) is 5.75 Å². The van der Waals surface area contributed by atoms with Crippen LogP contribution in [0.4, 0.5) is 0 Å². The Hall–Kier alpha value is -1.07. The lowest BCUT2D eigenvalue weighted by Crippen LogP contribution is -2.42. The Kier molecular flexibility index (Phi) is 5.05. The highest BCUT2D eigenvalue weighted by molar-refractivity contribution is 7.91. The lowest BCUT2D eigenvalue weighted by Gasteiger charge is -2.37. The number of sulfone groups is 1. The molecule has 0 radical (unpaired) electrons. The fourth-order valence-electron chi connectivity index (χ4n) is 2.61. The normalized spacial score (nSPS) is 22.3. The van der Waals surface area contributed by atoms with Crippen molar-refractivity contribution in [3.05, 3.63) is 29.8 Å². The largest absolute Gasteiger partial charge is 0.496 e. The van der Waals surface area contributed by atoms with E-state index < -0.39 is 9.84 Å². The van der Waals surface area contributed by atoms with Crippen LogP contribution in [0.15, 0.2) is 24.3 Å². The molecule has 5 heteroatoms. The molecule has 0 unspecified atom stereocenters. The maximum atomic E-state index is 11.4. The second-order valence-electron chi connectivity index (χ2n) is 5.30. The van der Waals surface area contributed by atoms with Gasteiger partial charge in [0.15, 0.2) is 9.84 Å². The van der Waals surface area contributed by atoms with E-state index in [0.29, 0.717) is 18.5 Å². The van der Waals surface area contributed by atoms with Crippen molar-refractivity contribution in [2.75, 3.05) is 25.2 Å². The first-order valence-corrected chi connectivity index (χ1v) is 8.94. The molecule has 1 aromatic rings. The molecule has 4 nitrogen and oxygen atoms in total. The molecule has 0 aromatic heterocycles. The molecule has 0 spiro atoms. The minimum Gasteiger partial charge on any atom is -0.496 e. The summed E-state index contributed by atoms with van der Waals surface area (Å²) in [7, 11) is -1.16. The topological polar surface area (TPSA) is 55.4 Å². The zero-order valence-electron chi connectivity index (χ0n) is 12.1. The number of ether oxygens (including phenoxy) is 1. The molecule has 1 aliphatic carbocycles. The molecule has 1 fully saturated rings. The van der Waals surface area contributed by atoms with Crippen molar-refractivity contribution in [1.29, 1.82) is 0 Å². The molecular weight excluding hydrogens is 274 g/mol. The number of hydrogen-bond donors (Lipinski definition) is 1. The lowest BCUT2D eigenvalue weighted by atomic mass is 9.75. The molecule has 0 heterocycles. The van der Waals surface area contributed by atoms with Gasteiger partial charge in [-0.25, -0.2) is 8.42 Å². The minimum atomic E-state index is -2.86. The van der Waals surface area contributed by atoms with Gasteiger partial charge in [-0.05, 0) is 30.4 Å². The van der Waals surface area contributed by atoms with Gasteiger partial charge in [-0.3, -0.25) is 0 Å². The van der Waals surface area contributed by atoms with Gasteiger partial charge in [0, 0.05) is 18.3 Å². The first-order valence-electron chi connectivity index (χ1n) is 7.12. The van der Waals surface area contributed by atoms with Crippen molar-refractivity contribution in [2.45, 2.75) is 31.7 Å². The fraction of sp³-hybridized carbons (Fsp3) is 0.600. The summed E-state index contributed by atoms with van der Waals surface area (Å²) >= 11 is 0. The first-order chi connectivity index (χ1) is 9.55. The van der Waals surface area contributed by atoms with Crippen LogP contribution in [0.3, 0.4) is 0 Å². The summed E-state index contributed by atoms with van der Waals surface area (Å²) in [5.41, 5.74) is 1.26. The standard InChI is InChI=1S/C15H23NO3S/c1-3-20(17,18)9-8-16-13-10-12(11-13)14-6-4-5-7-15(14)19-2/h4-7,12-13,16H,3,8-11H2,1-2H3. The number of nitrogens with one attached hydrogen (secondary N) is 1. The number of methoxy groups -OCH3 is 1. The van der Waals surface area contributed by atoms with Gasteiger partial charge in [0.2, 0.25) is 0 Å². The van der Waals surface area contributed by atoms with Gasteiger partial charge in [-0.15, -0.1) is 0 Å². The number of para-hydroxylation sites is 1. The van der Waals surface area contributed by atoms with Gasteiger partial charge in [-0.2, -0.15) is 0 Å². The molecule has 20 heavy (non-hydrogen) atoms. The maximum absolute atomic E-state index is 11.4. The van der Waals surface area contributed by atoms with E-state index in [1.54, 1.807) is 14.0 Å². The minimum absolute atomic E-state index is 0.225. The van der Waals surface area contributed by atoms with E-state index in [1.165, 1.54) is 5.56 Å². The van der Waals surface area contributed by atoms with E-state index in [0.717, 1.165) is 18.6 Å². The Bertz CT molecular complexity index is 536. The molecule has 1 aromatic carbocycles. The highest BCUT2D eigenvalue weighted by Crippen LogP contribution is 2.40. The fourth-order valence-corrected chi connectivity index (χ4v) is 3.32. The summed E-state index contributed by atoms with van der Waals surface area (Å²) in [4.78, 5) is 0. The number of benzene rings is 1. The monoisotopic (exact) mass is 297 g/mol. The average molecular weight is 297 g/mol. The summed E-state index contributed by atoms with van der Waals surface area (Å²) in [6.07, 6.45) is 2.10. The van der Waals surface area contributed by atoms with Crippen molar-refractivity contribution in [1.82, 2.24) is 5.32 Å². The Morgan fingerprint density at radius 3 is 2.65 bits per heavy atom. The quantitative estimate of drug-likeness (QED) is 0.836. The third-order valence-corrected chi connectivity index (χ3v) is 5.71. The van der Waals surface area contributed by atoms with E-state index in [-0.39, 0.29) is 11.5 Å². The van der Waals surface area contributed by atoms with E-state index in [2.05, 4.69) is 11.4 Å². The Morgan fingerprint density at radius 1 is 1.30 bits per heavy atom. The molecule has 0 saturated heterocycles. The summed E-state index contributed by atoms with van der Waals surface area (Å²) in [6.45, 7) is 2.25. The second kappa shape index (κ2) is 6.59. The van der Waals surface area contributed by atoms with Crippen LogP contribution in [0.25, 0.3) is 0 Å². The summed E-state index contributed by atoms with van der Waals surface area (Å²) in [5, 5.41) is 3.33. The number of rotatable bonds is 7. The van der Waals surface area contributed by atoms with Crippen LogP contribution in [0.2, 0.25) is 0 Å².